The van der Waals surface area contributed by atoms with E-state index in [1.807, 2.05) is 6.07 Å². The molecule has 0 aliphatic carbocycles. The maximum Gasteiger partial charge on any atom is 0.0348 e. The zero-order chi connectivity index (χ0) is 12.1. The SMILES string of the molecule is CCCCN1CCCCC1c1cccc(N)c1. The predicted octanol–water partition coefficient (Wildman–Crippen LogP) is 3.60. The van der Waals surface area contributed by atoms with Crippen LogP contribution in [0, 0.1) is 0 Å². The van der Waals surface area contributed by atoms with Crippen molar-refractivity contribution < 1.29 is 0 Å². The quantitative estimate of drug-likeness (QED) is 0.804. The lowest BCUT2D eigenvalue weighted by molar-refractivity contribution is 0.147. The van der Waals surface area contributed by atoms with Crippen LogP contribution in [-0.4, -0.2) is 18.0 Å². The molecule has 0 amide bonds. The fourth-order valence-electron chi connectivity index (χ4n) is 2.76. The molecule has 1 saturated heterocycles. The lowest BCUT2D eigenvalue weighted by atomic mass is 9.94. The molecule has 0 bridgehead atoms. The third-order valence-corrected chi connectivity index (χ3v) is 3.71. The number of hydrogen-bond donors (Lipinski definition) is 1. The molecule has 0 spiro atoms. The summed E-state index contributed by atoms with van der Waals surface area (Å²) in [5.41, 5.74) is 8.19. The minimum Gasteiger partial charge on any atom is -0.399 e. The van der Waals surface area contributed by atoms with Gasteiger partial charge in [-0.1, -0.05) is 31.9 Å². The van der Waals surface area contributed by atoms with Crippen molar-refractivity contribution >= 4 is 5.69 Å². The maximum absolute atomic E-state index is 5.89. The van der Waals surface area contributed by atoms with Gasteiger partial charge in [0.05, 0.1) is 0 Å². The maximum atomic E-state index is 5.89. The van der Waals surface area contributed by atoms with Gasteiger partial charge < -0.3 is 5.73 Å². The first kappa shape index (κ1) is 12.4. The van der Waals surface area contributed by atoms with Gasteiger partial charge in [0.25, 0.3) is 0 Å². The smallest absolute Gasteiger partial charge is 0.0348 e. The van der Waals surface area contributed by atoms with Crippen molar-refractivity contribution in [1.82, 2.24) is 4.90 Å². The third-order valence-electron chi connectivity index (χ3n) is 3.71. The molecule has 1 aliphatic rings. The Kier molecular flexibility index (Phi) is 4.43. The average molecular weight is 232 g/mol. The second-order valence-corrected chi connectivity index (χ2v) is 5.07. The van der Waals surface area contributed by atoms with E-state index in [1.165, 1.54) is 50.8 Å². The van der Waals surface area contributed by atoms with Crippen molar-refractivity contribution in [2.75, 3.05) is 18.8 Å². The second-order valence-electron chi connectivity index (χ2n) is 5.07. The van der Waals surface area contributed by atoms with Gasteiger partial charge in [-0.15, -0.1) is 0 Å². The van der Waals surface area contributed by atoms with E-state index in [9.17, 15) is 0 Å². The van der Waals surface area contributed by atoms with Gasteiger partial charge in [0.2, 0.25) is 0 Å². The number of benzene rings is 1. The van der Waals surface area contributed by atoms with E-state index < -0.39 is 0 Å². The van der Waals surface area contributed by atoms with Crippen LogP contribution in [0.3, 0.4) is 0 Å². The summed E-state index contributed by atoms with van der Waals surface area (Å²) < 4.78 is 0. The fraction of sp³-hybridized carbons (Fsp3) is 0.600. The number of unbranched alkanes of at least 4 members (excludes halogenated alkanes) is 1. The van der Waals surface area contributed by atoms with Crippen molar-refractivity contribution in [1.29, 1.82) is 0 Å². The Morgan fingerprint density at radius 2 is 2.24 bits per heavy atom. The van der Waals surface area contributed by atoms with Crippen LogP contribution in [0.4, 0.5) is 5.69 Å². The van der Waals surface area contributed by atoms with Crippen LogP contribution in [0.2, 0.25) is 0 Å². The molecule has 1 heterocycles. The molecule has 17 heavy (non-hydrogen) atoms. The van der Waals surface area contributed by atoms with Crippen LogP contribution >= 0.6 is 0 Å². The highest BCUT2D eigenvalue weighted by Crippen LogP contribution is 2.31. The zero-order valence-corrected chi connectivity index (χ0v) is 10.9. The molecule has 1 aromatic rings. The summed E-state index contributed by atoms with van der Waals surface area (Å²) in [6.07, 6.45) is 6.57. The lowest BCUT2D eigenvalue weighted by Gasteiger charge is -2.36. The Morgan fingerprint density at radius 3 is 3.00 bits per heavy atom. The van der Waals surface area contributed by atoms with Crippen LogP contribution in [0.15, 0.2) is 24.3 Å². The van der Waals surface area contributed by atoms with E-state index in [-0.39, 0.29) is 0 Å². The van der Waals surface area contributed by atoms with Crippen LogP contribution < -0.4 is 5.73 Å². The topological polar surface area (TPSA) is 29.3 Å². The molecule has 2 rings (SSSR count). The number of likely N-dealkylation sites (tertiary alicyclic amines) is 1. The van der Waals surface area contributed by atoms with Gasteiger partial charge in [-0.05, 0) is 50.0 Å². The molecule has 0 saturated carbocycles. The number of rotatable bonds is 4. The molecule has 1 fully saturated rings. The van der Waals surface area contributed by atoms with Crippen LogP contribution in [0.1, 0.15) is 50.6 Å². The standard InChI is InChI=1S/C15H24N2/c1-2-3-10-17-11-5-4-9-15(17)13-7-6-8-14(16)12-13/h6-8,12,15H,2-5,9-11,16H2,1H3. The first-order chi connectivity index (χ1) is 8.31. The summed E-state index contributed by atoms with van der Waals surface area (Å²) in [7, 11) is 0. The van der Waals surface area contributed by atoms with E-state index in [4.69, 9.17) is 5.73 Å². The van der Waals surface area contributed by atoms with Gasteiger partial charge in [-0.2, -0.15) is 0 Å². The molecular weight excluding hydrogens is 208 g/mol. The molecule has 2 heteroatoms. The van der Waals surface area contributed by atoms with Crippen molar-refractivity contribution in [3.05, 3.63) is 29.8 Å². The van der Waals surface area contributed by atoms with Gasteiger partial charge >= 0.3 is 0 Å². The predicted molar refractivity (Wildman–Crippen MR) is 73.9 cm³/mol. The van der Waals surface area contributed by atoms with Crippen molar-refractivity contribution in [2.45, 2.75) is 45.1 Å². The molecule has 1 atom stereocenters. The molecule has 0 aromatic heterocycles. The van der Waals surface area contributed by atoms with Crippen molar-refractivity contribution in [3.8, 4) is 0 Å². The first-order valence-electron chi connectivity index (χ1n) is 6.90. The first-order valence-corrected chi connectivity index (χ1v) is 6.90. The highest BCUT2D eigenvalue weighted by atomic mass is 15.2. The number of nitrogen functional groups attached to an aromatic ring is 1. The molecular formula is C15H24N2. The molecule has 94 valence electrons. The summed E-state index contributed by atoms with van der Waals surface area (Å²) >= 11 is 0. The normalized spacial score (nSPS) is 21.6. The van der Waals surface area contributed by atoms with E-state index in [0.717, 1.165) is 5.69 Å². The Labute approximate surface area is 105 Å². The van der Waals surface area contributed by atoms with E-state index >= 15 is 0 Å². The third kappa shape index (κ3) is 3.22. The molecule has 2 nitrogen and oxygen atoms in total. The zero-order valence-electron chi connectivity index (χ0n) is 10.9. The highest BCUT2D eigenvalue weighted by Gasteiger charge is 2.23. The van der Waals surface area contributed by atoms with Crippen molar-refractivity contribution in [3.63, 3.8) is 0 Å². The Hall–Kier alpha value is -1.02. The van der Waals surface area contributed by atoms with Crippen molar-refractivity contribution in [2.24, 2.45) is 0 Å². The minimum absolute atomic E-state index is 0.596. The Bertz CT molecular complexity index is 349. The fourth-order valence-corrected chi connectivity index (χ4v) is 2.76. The number of piperidine rings is 1. The minimum atomic E-state index is 0.596. The average Bonchev–Trinajstić information content (AvgIpc) is 2.37. The molecule has 1 aliphatic heterocycles. The Balaban J connectivity index is 2.10. The van der Waals surface area contributed by atoms with Crippen LogP contribution in [-0.2, 0) is 0 Å². The van der Waals surface area contributed by atoms with Gasteiger partial charge in [0.15, 0.2) is 0 Å². The number of nitrogens with zero attached hydrogens (tertiary/aromatic N) is 1. The molecule has 0 radical (unpaired) electrons. The lowest BCUT2D eigenvalue weighted by Crippen LogP contribution is -2.34. The van der Waals surface area contributed by atoms with Gasteiger partial charge in [-0.25, -0.2) is 0 Å². The summed E-state index contributed by atoms with van der Waals surface area (Å²) in [6, 6.07) is 9.03. The number of nitrogens with two attached hydrogens (primary N) is 1. The number of hydrogen-bond acceptors (Lipinski definition) is 2. The van der Waals surface area contributed by atoms with Crippen LogP contribution in [0.5, 0.6) is 0 Å². The van der Waals surface area contributed by atoms with E-state index in [2.05, 4.69) is 30.0 Å². The molecule has 1 aromatic carbocycles. The van der Waals surface area contributed by atoms with E-state index in [0.29, 0.717) is 6.04 Å². The van der Waals surface area contributed by atoms with Gasteiger partial charge in [0, 0.05) is 11.7 Å². The van der Waals surface area contributed by atoms with Gasteiger partial charge in [0.1, 0.15) is 0 Å². The molecule has 1 unspecified atom stereocenters. The Morgan fingerprint density at radius 1 is 1.35 bits per heavy atom. The monoisotopic (exact) mass is 232 g/mol. The largest absolute Gasteiger partial charge is 0.399 e. The highest BCUT2D eigenvalue weighted by molar-refractivity contribution is 5.41. The summed E-state index contributed by atoms with van der Waals surface area (Å²) in [5, 5.41) is 0. The summed E-state index contributed by atoms with van der Waals surface area (Å²) in [5.74, 6) is 0. The number of anilines is 1. The van der Waals surface area contributed by atoms with Gasteiger partial charge in [-0.3, -0.25) is 4.90 Å². The van der Waals surface area contributed by atoms with Crippen LogP contribution in [0.25, 0.3) is 0 Å². The second kappa shape index (κ2) is 6.06. The van der Waals surface area contributed by atoms with E-state index in [1.54, 1.807) is 0 Å². The summed E-state index contributed by atoms with van der Waals surface area (Å²) in [4.78, 5) is 2.64. The summed E-state index contributed by atoms with van der Waals surface area (Å²) in [6.45, 7) is 4.74. The molecule has 2 N–H and O–H groups in total.